The summed E-state index contributed by atoms with van der Waals surface area (Å²) in [5.41, 5.74) is -0.538. The molecule has 2 aromatic carbocycles. The highest BCUT2D eigenvalue weighted by Crippen LogP contribution is 2.36. The summed E-state index contributed by atoms with van der Waals surface area (Å²) in [6, 6.07) is 17.5. The molecular weight excluding hydrogens is 732 g/mol. The van der Waals surface area contributed by atoms with Gasteiger partial charge in [-0.25, -0.2) is 0 Å². The number of ether oxygens (including phenoxy) is 7. The second-order valence-electron chi connectivity index (χ2n) is 18.6. The van der Waals surface area contributed by atoms with Crippen molar-refractivity contribution in [3.8, 4) is 11.6 Å². The van der Waals surface area contributed by atoms with Crippen LogP contribution in [0.4, 0.5) is 0 Å². The van der Waals surface area contributed by atoms with E-state index >= 15 is 0 Å². The quantitative estimate of drug-likeness (QED) is 0.143. The van der Waals surface area contributed by atoms with E-state index in [4.69, 9.17) is 33.2 Å². The first-order valence-electron chi connectivity index (χ1n) is 19.3. The minimum absolute atomic E-state index is 0.134. The SMILES string of the molecule is Cc1[nH]nc(O[C@@H]2O[C@H](COC(=O)C(C)(C)C)[C@@H](OC(=O)C(C)(C)C)[C@H](OC(=O)C(C)(C)C)[C@H]2OC(=O)C(C)(C)C)c1Cc1ccc(OCc2ccccc2)cc1. The third-order valence-electron chi connectivity index (χ3n) is 8.97. The highest BCUT2D eigenvalue weighted by molar-refractivity contribution is 5.78. The molecule has 1 aliphatic rings. The maximum Gasteiger partial charge on any atom is 0.311 e. The maximum atomic E-state index is 13.7. The zero-order valence-corrected chi connectivity index (χ0v) is 35.6. The average molecular weight is 793 g/mol. The molecule has 0 saturated carbocycles. The third-order valence-corrected chi connectivity index (χ3v) is 8.97. The molecular formula is C44H60N2O11. The summed E-state index contributed by atoms with van der Waals surface area (Å²) >= 11 is 0. The van der Waals surface area contributed by atoms with Gasteiger partial charge in [0, 0.05) is 17.7 Å². The van der Waals surface area contributed by atoms with Crippen LogP contribution in [0.25, 0.3) is 0 Å². The molecule has 0 amide bonds. The van der Waals surface area contributed by atoms with Crippen molar-refractivity contribution in [1.82, 2.24) is 10.2 Å². The lowest BCUT2D eigenvalue weighted by molar-refractivity contribution is -0.294. The number of carbonyl (C=O) groups is 4. The zero-order chi connectivity index (χ0) is 42.5. The molecule has 4 rings (SSSR count). The Labute approximate surface area is 336 Å². The first-order valence-corrected chi connectivity index (χ1v) is 19.3. The Morgan fingerprint density at radius 2 is 1.16 bits per heavy atom. The predicted molar refractivity (Wildman–Crippen MR) is 211 cm³/mol. The van der Waals surface area contributed by atoms with Gasteiger partial charge in [-0.3, -0.25) is 24.3 Å². The van der Waals surface area contributed by atoms with Crippen molar-refractivity contribution in [2.24, 2.45) is 21.7 Å². The number of hydrogen-bond donors (Lipinski definition) is 1. The number of esters is 4. The standard InChI is InChI=1S/C44H60N2O11/c1-26-30(23-27-19-21-29(22-20-27)51-24-28-17-15-14-16-18-28)35(46-45-26)57-36-34(56-40(50)44(11,12)13)33(55-39(49)43(8,9)10)32(54-38(48)42(5,6)7)31(53-36)25-52-37(47)41(2,3)4/h14-22,31-34,36H,23-25H2,1-13H3,(H,45,46)/t31-,32-,33+,34-,36+/m1/s1. The Morgan fingerprint density at radius 3 is 1.68 bits per heavy atom. The molecule has 1 aromatic heterocycles. The van der Waals surface area contributed by atoms with Gasteiger partial charge in [-0.2, -0.15) is 0 Å². The second kappa shape index (κ2) is 17.7. The molecule has 0 unspecified atom stereocenters. The fraction of sp³-hybridized carbons (Fsp3) is 0.568. The number of benzene rings is 2. The van der Waals surface area contributed by atoms with Crippen LogP contribution < -0.4 is 9.47 Å². The zero-order valence-electron chi connectivity index (χ0n) is 35.6. The highest BCUT2D eigenvalue weighted by Gasteiger charge is 2.56. The van der Waals surface area contributed by atoms with Crippen molar-refractivity contribution >= 4 is 23.9 Å². The summed E-state index contributed by atoms with van der Waals surface area (Å²) in [7, 11) is 0. The highest BCUT2D eigenvalue weighted by atomic mass is 16.7. The summed E-state index contributed by atoms with van der Waals surface area (Å²) < 4.78 is 43.0. The van der Waals surface area contributed by atoms with E-state index in [1.807, 2.05) is 61.5 Å². The van der Waals surface area contributed by atoms with Crippen LogP contribution in [-0.2, 0) is 55.9 Å². The lowest BCUT2D eigenvalue weighted by Gasteiger charge is -2.45. The smallest absolute Gasteiger partial charge is 0.311 e. The molecule has 13 nitrogen and oxygen atoms in total. The molecule has 2 heterocycles. The van der Waals surface area contributed by atoms with Crippen LogP contribution in [0.1, 0.15) is 105 Å². The van der Waals surface area contributed by atoms with Gasteiger partial charge in [-0.1, -0.05) is 42.5 Å². The predicted octanol–water partition coefficient (Wildman–Crippen LogP) is 7.45. The van der Waals surface area contributed by atoms with E-state index in [1.165, 1.54) is 0 Å². The van der Waals surface area contributed by atoms with Gasteiger partial charge in [-0.05, 0) is 113 Å². The van der Waals surface area contributed by atoms with Crippen molar-refractivity contribution < 1.29 is 52.3 Å². The molecule has 1 saturated heterocycles. The van der Waals surface area contributed by atoms with Crippen LogP contribution in [0, 0.1) is 28.6 Å². The molecule has 5 atom stereocenters. The number of nitrogens with one attached hydrogen (secondary N) is 1. The van der Waals surface area contributed by atoms with E-state index < -0.39 is 82.8 Å². The van der Waals surface area contributed by atoms with Gasteiger partial charge in [0.2, 0.25) is 18.3 Å². The van der Waals surface area contributed by atoms with Gasteiger partial charge in [0.15, 0.2) is 12.2 Å². The number of H-pyrrole nitrogens is 1. The van der Waals surface area contributed by atoms with Crippen molar-refractivity contribution in [2.75, 3.05) is 6.61 Å². The van der Waals surface area contributed by atoms with Crippen LogP contribution in [0.15, 0.2) is 54.6 Å². The van der Waals surface area contributed by atoms with E-state index in [0.717, 1.165) is 11.1 Å². The van der Waals surface area contributed by atoms with Gasteiger partial charge in [0.1, 0.15) is 25.1 Å². The molecule has 0 aliphatic carbocycles. The fourth-order valence-corrected chi connectivity index (χ4v) is 5.28. The molecule has 0 radical (unpaired) electrons. The average Bonchev–Trinajstić information content (AvgIpc) is 3.45. The van der Waals surface area contributed by atoms with Crippen LogP contribution in [0.5, 0.6) is 11.6 Å². The Bertz CT molecular complexity index is 1840. The van der Waals surface area contributed by atoms with E-state index in [0.29, 0.717) is 30.0 Å². The molecule has 312 valence electrons. The molecule has 3 aromatic rings. The van der Waals surface area contributed by atoms with Gasteiger partial charge >= 0.3 is 23.9 Å². The van der Waals surface area contributed by atoms with Crippen LogP contribution in [0.2, 0.25) is 0 Å². The number of aromatic nitrogens is 2. The summed E-state index contributed by atoms with van der Waals surface area (Å²) in [6.07, 6.45) is -6.65. The van der Waals surface area contributed by atoms with Crippen LogP contribution >= 0.6 is 0 Å². The van der Waals surface area contributed by atoms with Gasteiger partial charge in [0.25, 0.3) is 0 Å². The normalized spacial score (nSPS) is 20.3. The van der Waals surface area contributed by atoms with E-state index in [2.05, 4.69) is 10.2 Å². The van der Waals surface area contributed by atoms with Crippen LogP contribution in [0.3, 0.4) is 0 Å². The largest absolute Gasteiger partial charge is 0.489 e. The number of rotatable bonds is 12. The Kier molecular flexibility index (Phi) is 13.9. The van der Waals surface area contributed by atoms with E-state index in [-0.39, 0.29) is 5.88 Å². The van der Waals surface area contributed by atoms with Gasteiger partial charge < -0.3 is 33.2 Å². The monoisotopic (exact) mass is 792 g/mol. The van der Waals surface area contributed by atoms with Gasteiger partial charge in [-0.15, -0.1) is 5.10 Å². The lowest BCUT2D eigenvalue weighted by atomic mass is 9.93. The van der Waals surface area contributed by atoms with Crippen molar-refractivity contribution in [3.63, 3.8) is 0 Å². The number of aromatic amines is 1. The van der Waals surface area contributed by atoms with Gasteiger partial charge in [0.05, 0.1) is 21.7 Å². The Balaban J connectivity index is 1.74. The van der Waals surface area contributed by atoms with Crippen molar-refractivity contribution in [2.45, 2.75) is 134 Å². The molecule has 0 bridgehead atoms. The number of hydrogen-bond acceptors (Lipinski definition) is 12. The topological polar surface area (TPSA) is 162 Å². The number of nitrogens with zero attached hydrogens (tertiary/aromatic N) is 1. The molecule has 1 fully saturated rings. The molecule has 57 heavy (non-hydrogen) atoms. The summed E-state index contributed by atoms with van der Waals surface area (Å²) in [5, 5.41) is 7.41. The van der Waals surface area contributed by atoms with Crippen LogP contribution in [-0.4, -0.2) is 71.4 Å². The fourth-order valence-electron chi connectivity index (χ4n) is 5.28. The van der Waals surface area contributed by atoms with Crippen molar-refractivity contribution in [1.29, 1.82) is 0 Å². The maximum absolute atomic E-state index is 13.7. The van der Waals surface area contributed by atoms with E-state index in [9.17, 15) is 19.2 Å². The molecule has 0 spiro atoms. The Hall–Kier alpha value is -4.91. The lowest BCUT2D eigenvalue weighted by Crippen LogP contribution is -2.65. The molecule has 1 N–H and O–H groups in total. The van der Waals surface area contributed by atoms with E-state index in [1.54, 1.807) is 83.1 Å². The molecule has 1 aliphatic heterocycles. The minimum Gasteiger partial charge on any atom is -0.489 e. The number of carbonyl (C=O) groups excluding carboxylic acids is 4. The first-order chi connectivity index (χ1) is 26.3. The second-order valence-corrected chi connectivity index (χ2v) is 18.6. The summed E-state index contributed by atoms with van der Waals surface area (Å²) in [4.78, 5) is 53.8. The first kappa shape index (κ1) is 44.8. The Morgan fingerprint density at radius 1 is 0.649 bits per heavy atom. The minimum atomic E-state index is -1.48. The summed E-state index contributed by atoms with van der Waals surface area (Å²) in [6.45, 7) is 22.0. The molecule has 13 heteroatoms. The third kappa shape index (κ3) is 12.3. The summed E-state index contributed by atoms with van der Waals surface area (Å²) in [5.74, 6) is -1.68. The van der Waals surface area contributed by atoms with Crippen molar-refractivity contribution in [3.05, 3.63) is 77.0 Å². The number of aryl methyl sites for hydroxylation is 1.